The molecule has 1 N–H and O–H groups in total. The zero-order valence-corrected chi connectivity index (χ0v) is 9.52. The average Bonchev–Trinajstić information content (AvgIpc) is 2.76. The molecule has 16 heavy (non-hydrogen) atoms. The summed E-state index contributed by atoms with van der Waals surface area (Å²) in [5.74, 6) is 0.714. The molecule has 1 aliphatic heterocycles. The number of rotatable bonds is 1. The lowest BCUT2D eigenvalue weighted by molar-refractivity contribution is 0.0398. The van der Waals surface area contributed by atoms with E-state index >= 15 is 0 Å². The molecule has 3 nitrogen and oxygen atoms in total. The average molecular weight is 221 g/mol. The lowest BCUT2D eigenvalue weighted by Crippen LogP contribution is -2.38. The van der Waals surface area contributed by atoms with Gasteiger partial charge in [0.05, 0.1) is 25.2 Å². The van der Waals surface area contributed by atoms with Gasteiger partial charge in [0.25, 0.3) is 0 Å². The van der Waals surface area contributed by atoms with Crippen molar-refractivity contribution in [1.29, 1.82) is 0 Å². The van der Waals surface area contributed by atoms with Crippen molar-refractivity contribution in [1.82, 2.24) is 5.32 Å². The number of ether oxygens (including phenoxy) is 1. The highest BCUT2D eigenvalue weighted by Gasteiger charge is 2.30. The fourth-order valence-electron chi connectivity index (χ4n) is 2.91. The Morgan fingerprint density at radius 3 is 3.06 bits per heavy atom. The van der Waals surface area contributed by atoms with Crippen LogP contribution in [0.25, 0.3) is 0 Å². The molecular weight excluding hydrogens is 202 g/mol. The van der Waals surface area contributed by atoms with E-state index in [4.69, 9.17) is 9.15 Å². The molecule has 0 spiro atoms. The molecule has 1 saturated carbocycles. The molecule has 88 valence electrons. The first-order valence-corrected chi connectivity index (χ1v) is 6.30. The SMILES string of the molecule is c1cc(C2CNC3CCCCC3CO2)co1. The summed E-state index contributed by atoms with van der Waals surface area (Å²) in [5.41, 5.74) is 1.16. The Labute approximate surface area is 96.2 Å². The van der Waals surface area contributed by atoms with Gasteiger partial charge in [-0.2, -0.15) is 0 Å². The predicted molar refractivity (Wildman–Crippen MR) is 61.1 cm³/mol. The Morgan fingerprint density at radius 2 is 2.19 bits per heavy atom. The van der Waals surface area contributed by atoms with Crippen LogP contribution < -0.4 is 5.32 Å². The summed E-state index contributed by atoms with van der Waals surface area (Å²) in [5, 5.41) is 3.66. The van der Waals surface area contributed by atoms with E-state index in [0.29, 0.717) is 12.0 Å². The maximum Gasteiger partial charge on any atom is 0.0980 e. The molecule has 2 fully saturated rings. The number of hydrogen-bond donors (Lipinski definition) is 1. The molecule has 2 heterocycles. The van der Waals surface area contributed by atoms with Gasteiger partial charge in [-0.15, -0.1) is 0 Å². The number of nitrogens with one attached hydrogen (secondary N) is 1. The van der Waals surface area contributed by atoms with E-state index in [1.165, 1.54) is 25.7 Å². The summed E-state index contributed by atoms with van der Waals surface area (Å²) < 4.78 is 11.1. The predicted octanol–water partition coefficient (Wildman–Crippen LogP) is 2.50. The van der Waals surface area contributed by atoms with E-state index in [2.05, 4.69) is 5.32 Å². The summed E-state index contributed by atoms with van der Waals surface area (Å²) in [6, 6.07) is 2.67. The van der Waals surface area contributed by atoms with Crippen molar-refractivity contribution in [2.24, 2.45) is 5.92 Å². The van der Waals surface area contributed by atoms with E-state index in [1.54, 1.807) is 12.5 Å². The smallest absolute Gasteiger partial charge is 0.0980 e. The van der Waals surface area contributed by atoms with Gasteiger partial charge in [-0.3, -0.25) is 0 Å². The minimum Gasteiger partial charge on any atom is -0.472 e. The summed E-state index contributed by atoms with van der Waals surface area (Å²) in [6.45, 7) is 1.81. The van der Waals surface area contributed by atoms with Gasteiger partial charge in [-0.05, 0) is 24.8 Å². The van der Waals surface area contributed by atoms with Crippen molar-refractivity contribution < 1.29 is 9.15 Å². The molecule has 3 rings (SSSR count). The van der Waals surface area contributed by atoms with Crippen LogP contribution in [0.15, 0.2) is 23.0 Å². The molecule has 1 aromatic rings. The minimum atomic E-state index is 0.171. The van der Waals surface area contributed by atoms with Crippen LogP contribution in [0, 0.1) is 5.92 Å². The fraction of sp³-hybridized carbons (Fsp3) is 0.692. The van der Waals surface area contributed by atoms with E-state index in [-0.39, 0.29) is 6.10 Å². The topological polar surface area (TPSA) is 34.4 Å². The summed E-state index contributed by atoms with van der Waals surface area (Å²) in [7, 11) is 0. The molecule has 0 amide bonds. The molecule has 1 saturated heterocycles. The Bertz CT molecular complexity index is 307. The van der Waals surface area contributed by atoms with Crippen LogP contribution >= 0.6 is 0 Å². The maximum absolute atomic E-state index is 5.99. The third-order valence-corrected chi connectivity index (χ3v) is 3.90. The lowest BCUT2D eigenvalue weighted by Gasteiger charge is -2.29. The molecule has 0 aromatic carbocycles. The van der Waals surface area contributed by atoms with Gasteiger partial charge < -0.3 is 14.5 Å². The van der Waals surface area contributed by atoms with Crippen LogP contribution in [0.3, 0.4) is 0 Å². The second-order valence-electron chi connectivity index (χ2n) is 4.94. The standard InChI is InChI=1S/C13H19NO2/c1-2-4-12-10(3-1)9-16-13(7-14-12)11-5-6-15-8-11/h5-6,8,10,12-14H,1-4,7,9H2. The summed E-state index contributed by atoms with van der Waals surface area (Å²) >= 11 is 0. The second kappa shape index (κ2) is 4.60. The first-order chi connectivity index (χ1) is 7.93. The van der Waals surface area contributed by atoms with Gasteiger partial charge in [0.15, 0.2) is 0 Å². The third kappa shape index (κ3) is 2.02. The Balaban J connectivity index is 1.68. The Kier molecular flexibility index (Phi) is 2.98. The Hall–Kier alpha value is -0.800. The van der Waals surface area contributed by atoms with Crippen LogP contribution in [-0.4, -0.2) is 19.2 Å². The van der Waals surface area contributed by atoms with E-state index in [0.717, 1.165) is 18.7 Å². The van der Waals surface area contributed by atoms with Gasteiger partial charge in [-0.25, -0.2) is 0 Å². The Morgan fingerprint density at radius 1 is 1.25 bits per heavy atom. The molecule has 0 bridgehead atoms. The molecule has 1 aromatic heterocycles. The first kappa shape index (κ1) is 10.4. The largest absolute Gasteiger partial charge is 0.472 e. The molecule has 0 radical (unpaired) electrons. The number of fused-ring (bicyclic) bond motifs is 1. The molecular formula is C13H19NO2. The van der Waals surface area contributed by atoms with E-state index in [9.17, 15) is 0 Å². The van der Waals surface area contributed by atoms with Crippen LogP contribution in [0.5, 0.6) is 0 Å². The fourth-order valence-corrected chi connectivity index (χ4v) is 2.91. The first-order valence-electron chi connectivity index (χ1n) is 6.30. The van der Waals surface area contributed by atoms with Crippen LogP contribution in [0.4, 0.5) is 0 Å². The lowest BCUT2D eigenvalue weighted by atomic mass is 9.85. The molecule has 3 heteroatoms. The maximum atomic E-state index is 5.99. The van der Waals surface area contributed by atoms with Crippen molar-refractivity contribution in [3.63, 3.8) is 0 Å². The van der Waals surface area contributed by atoms with Gasteiger partial charge in [0.1, 0.15) is 0 Å². The second-order valence-corrected chi connectivity index (χ2v) is 4.94. The zero-order valence-electron chi connectivity index (χ0n) is 9.52. The highest BCUT2D eigenvalue weighted by molar-refractivity contribution is 5.10. The van der Waals surface area contributed by atoms with Gasteiger partial charge in [0, 0.05) is 18.2 Å². The monoisotopic (exact) mass is 221 g/mol. The quantitative estimate of drug-likeness (QED) is 0.791. The normalized spacial score (nSPS) is 35.4. The zero-order chi connectivity index (χ0) is 10.8. The van der Waals surface area contributed by atoms with Gasteiger partial charge in [0.2, 0.25) is 0 Å². The molecule has 3 atom stereocenters. The molecule has 1 aliphatic carbocycles. The highest BCUT2D eigenvalue weighted by atomic mass is 16.5. The van der Waals surface area contributed by atoms with Gasteiger partial charge in [-0.1, -0.05) is 12.8 Å². The van der Waals surface area contributed by atoms with Crippen LogP contribution in [-0.2, 0) is 4.74 Å². The molecule has 3 unspecified atom stereocenters. The summed E-state index contributed by atoms with van der Waals surface area (Å²) in [4.78, 5) is 0. The van der Waals surface area contributed by atoms with Crippen LogP contribution in [0.2, 0.25) is 0 Å². The van der Waals surface area contributed by atoms with Crippen molar-refractivity contribution in [3.05, 3.63) is 24.2 Å². The number of hydrogen-bond acceptors (Lipinski definition) is 3. The minimum absolute atomic E-state index is 0.171. The van der Waals surface area contributed by atoms with Crippen molar-refractivity contribution >= 4 is 0 Å². The van der Waals surface area contributed by atoms with Crippen LogP contribution in [0.1, 0.15) is 37.4 Å². The van der Waals surface area contributed by atoms with Crippen molar-refractivity contribution in [2.45, 2.75) is 37.8 Å². The molecule has 2 aliphatic rings. The number of furan rings is 1. The van der Waals surface area contributed by atoms with E-state index < -0.39 is 0 Å². The van der Waals surface area contributed by atoms with Crippen molar-refractivity contribution in [3.8, 4) is 0 Å². The summed E-state index contributed by atoms with van der Waals surface area (Å²) in [6.07, 6.45) is 9.04. The van der Waals surface area contributed by atoms with Gasteiger partial charge >= 0.3 is 0 Å². The van der Waals surface area contributed by atoms with E-state index in [1.807, 2.05) is 6.07 Å². The highest BCUT2D eigenvalue weighted by Crippen LogP contribution is 2.30. The third-order valence-electron chi connectivity index (χ3n) is 3.90. The van der Waals surface area contributed by atoms with Crippen molar-refractivity contribution in [2.75, 3.05) is 13.2 Å².